The monoisotopic (exact) mass is 333 g/mol. The molecule has 0 amide bonds. The molecule has 4 saturated carbocycles. The van der Waals surface area contributed by atoms with Crippen molar-refractivity contribution in [2.45, 2.75) is 38.5 Å². The number of nitrogen functional groups attached to an aromatic ring is 1. The number of hydrogen-bond acceptors (Lipinski definition) is 2. The number of carbonyl (C=O) groups excluding carboxylic acids is 1. The largest absolute Gasteiger partial charge is 0.398 e. The number of anilines is 1. The molecule has 2 N–H and O–H groups in total. The Morgan fingerprint density at radius 1 is 1.10 bits per heavy atom. The average molecular weight is 334 g/mol. The maximum atomic E-state index is 13.1. The molecule has 0 atom stereocenters. The van der Waals surface area contributed by atoms with Crippen LogP contribution in [-0.4, -0.2) is 5.78 Å². The highest BCUT2D eigenvalue weighted by Crippen LogP contribution is 2.61. The quantitative estimate of drug-likeness (QED) is 0.642. The molecule has 0 spiro atoms. The fourth-order valence-electron chi connectivity index (χ4n) is 5.36. The average Bonchev–Trinajstić information content (AvgIpc) is 2.39. The van der Waals surface area contributed by atoms with Gasteiger partial charge in [-0.25, -0.2) is 0 Å². The second kappa shape index (κ2) is 4.33. The number of nitrogens with two attached hydrogens (primary N) is 1. The highest BCUT2D eigenvalue weighted by atomic mass is 79.9. The van der Waals surface area contributed by atoms with E-state index in [-0.39, 0.29) is 5.41 Å². The third-order valence-electron chi connectivity index (χ3n) is 5.78. The second-order valence-corrected chi connectivity index (χ2v) is 8.12. The number of halogens is 1. The van der Waals surface area contributed by atoms with Gasteiger partial charge in [0.15, 0.2) is 5.78 Å². The molecule has 0 aliphatic heterocycles. The van der Waals surface area contributed by atoms with Crippen LogP contribution < -0.4 is 5.73 Å². The van der Waals surface area contributed by atoms with Gasteiger partial charge in [-0.1, -0.05) is 0 Å². The minimum absolute atomic E-state index is 0.0513. The molecule has 1 aromatic carbocycles. The van der Waals surface area contributed by atoms with E-state index < -0.39 is 0 Å². The Balaban J connectivity index is 1.69. The van der Waals surface area contributed by atoms with Crippen molar-refractivity contribution < 1.29 is 4.79 Å². The highest BCUT2D eigenvalue weighted by Gasteiger charge is 2.54. The van der Waals surface area contributed by atoms with Crippen molar-refractivity contribution in [3.63, 3.8) is 0 Å². The molecule has 4 fully saturated rings. The van der Waals surface area contributed by atoms with Crippen molar-refractivity contribution in [3.8, 4) is 0 Å². The van der Waals surface area contributed by atoms with Crippen LogP contribution in [0, 0.1) is 23.2 Å². The fraction of sp³-hybridized carbons (Fsp3) is 0.588. The van der Waals surface area contributed by atoms with Crippen LogP contribution in [0.25, 0.3) is 0 Å². The third kappa shape index (κ3) is 1.86. The molecule has 2 nitrogen and oxygen atoms in total. The second-order valence-electron chi connectivity index (χ2n) is 7.26. The molecular weight excluding hydrogens is 314 g/mol. The van der Waals surface area contributed by atoms with Gasteiger partial charge in [-0.3, -0.25) is 4.79 Å². The molecule has 0 aromatic heterocycles. The summed E-state index contributed by atoms with van der Waals surface area (Å²) in [6, 6.07) is 5.66. The van der Waals surface area contributed by atoms with Gasteiger partial charge in [-0.05, 0) is 90.4 Å². The van der Waals surface area contributed by atoms with E-state index in [9.17, 15) is 4.79 Å². The standard InChI is InChI=1S/C17H20BrNO/c18-14-6-13(1-2-15(14)19)16(20)17-7-10-3-11(8-17)5-12(4-10)9-17/h1-2,6,10-12H,3-5,7-9,19H2. The maximum Gasteiger partial charge on any atom is 0.169 e. The molecule has 4 aliphatic carbocycles. The highest BCUT2D eigenvalue weighted by molar-refractivity contribution is 9.10. The molecule has 4 bridgehead atoms. The molecule has 1 aromatic rings. The molecule has 4 aliphatic rings. The van der Waals surface area contributed by atoms with Gasteiger partial charge in [-0.2, -0.15) is 0 Å². The van der Waals surface area contributed by atoms with Crippen LogP contribution in [0.3, 0.4) is 0 Å². The molecule has 0 radical (unpaired) electrons. The van der Waals surface area contributed by atoms with Gasteiger partial charge in [-0.15, -0.1) is 0 Å². The normalized spacial score (nSPS) is 38.1. The van der Waals surface area contributed by atoms with Crippen molar-refractivity contribution in [2.24, 2.45) is 23.2 Å². The van der Waals surface area contributed by atoms with E-state index >= 15 is 0 Å². The number of ketones is 1. The van der Waals surface area contributed by atoms with Gasteiger partial charge in [0.1, 0.15) is 0 Å². The summed E-state index contributed by atoms with van der Waals surface area (Å²) in [7, 11) is 0. The number of carbonyl (C=O) groups is 1. The Morgan fingerprint density at radius 3 is 2.15 bits per heavy atom. The summed E-state index contributed by atoms with van der Waals surface area (Å²) in [6.45, 7) is 0. The number of hydrogen-bond donors (Lipinski definition) is 1. The SMILES string of the molecule is Nc1ccc(C(=O)C23CC4CC(CC(C4)C2)C3)cc1Br. The summed E-state index contributed by atoms with van der Waals surface area (Å²) in [4.78, 5) is 13.1. The molecular formula is C17H20BrNO. The molecule has 20 heavy (non-hydrogen) atoms. The maximum absolute atomic E-state index is 13.1. The van der Waals surface area contributed by atoms with E-state index in [4.69, 9.17) is 5.73 Å². The third-order valence-corrected chi connectivity index (χ3v) is 6.47. The summed E-state index contributed by atoms with van der Waals surface area (Å²) in [6.07, 6.45) is 7.49. The van der Waals surface area contributed by atoms with Gasteiger partial charge < -0.3 is 5.73 Å². The molecule has 0 unspecified atom stereocenters. The number of rotatable bonds is 2. The predicted molar refractivity (Wildman–Crippen MR) is 83.5 cm³/mol. The summed E-state index contributed by atoms with van der Waals surface area (Å²) in [5.41, 5.74) is 7.33. The van der Waals surface area contributed by atoms with Gasteiger partial charge in [0.05, 0.1) is 0 Å². The van der Waals surface area contributed by atoms with Crippen molar-refractivity contribution in [1.82, 2.24) is 0 Å². The zero-order valence-corrected chi connectivity index (χ0v) is 13.2. The van der Waals surface area contributed by atoms with Crippen molar-refractivity contribution in [3.05, 3.63) is 28.2 Å². The molecule has 3 heteroatoms. The van der Waals surface area contributed by atoms with Crippen LogP contribution in [0.15, 0.2) is 22.7 Å². The zero-order chi connectivity index (χ0) is 13.9. The molecule has 0 heterocycles. The molecule has 0 saturated heterocycles. The van der Waals surface area contributed by atoms with Gasteiger partial charge in [0, 0.05) is 21.1 Å². The Morgan fingerprint density at radius 2 is 1.65 bits per heavy atom. The van der Waals surface area contributed by atoms with Crippen molar-refractivity contribution >= 4 is 27.4 Å². The van der Waals surface area contributed by atoms with E-state index in [2.05, 4.69) is 15.9 Å². The minimum Gasteiger partial charge on any atom is -0.398 e. The van der Waals surface area contributed by atoms with E-state index in [1.165, 1.54) is 19.3 Å². The van der Waals surface area contributed by atoms with Crippen LogP contribution in [0.2, 0.25) is 0 Å². The smallest absolute Gasteiger partial charge is 0.169 e. The minimum atomic E-state index is -0.0513. The zero-order valence-electron chi connectivity index (χ0n) is 11.6. The molecule has 106 valence electrons. The lowest BCUT2D eigenvalue weighted by Gasteiger charge is -2.56. The number of benzene rings is 1. The first-order valence-corrected chi connectivity index (χ1v) is 8.45. The van der Waals surface area contributed by atoms with Crippen LogP contribution in [0.5, 0.6) is 0 Å². The first-order valence-electron chi connectivity index (χ1n) is 7.65. The van der Waals surface area contributed by atoms with Crippen LogP contribution in [0.1, 0.15) is 48.9 Å². The predicted octanol–water partition coefficient (Wildman–Crippen LogP) is 4.43. The van der Waals surface area contributed by atoms with Gasteiger partial charge in [0.2, 0.25) is 0 Å². The van der Waals surface area contributed by atoms with E-state index in [0.29, 0.717) is 11.5 Å². The Labute approximate surface area is 128 Å². The first-order chi connectivity index (χ1) is 9.56. The lowest BCUT2D eigenvalue weighted by molar-refractivity contribution is -0.0353. The number of Topliss-reactive ketones (excluding diaryl/α,β-unsaturated/α-hetero) is 1. The van der Waals surface area contributed by atoms with Crippen LogP contribution >= 0.6 is 15.9 Å². The lowest BCUT2D eigenvalue weighted by Crippen LogP contribution is -2.50. The lowest BCUT2D eigenvalue weighted by atomic mass is 9.48. The van der Waals surface area contributed by atoms with E-state index in [0.717, 1.165) is 47.1 Å². The van der Waals surface area contributed by atoms with E-state index in [1.54, 1.807) is 0 Å². The fourth-order valence-corrected chi connectivity index (χ4v) is 5.74. The van der Waals surface area contributed by atoms with Crippen LogP contribution in [-0.2, 0) is 0 Å². The summed E-state index contributed by atoms with van der Waals surface area (Å²) in [5.74, 6) is 2.80. The first kappa shape index (κ1) is 12.9. The van der Waals surface area contributed by atoms with Gasteiger partial charge >= 0.3 is 0 Å². The topological polar surface area (TPSA) is 43.1 Å². The summed E-state index contributed by atoms with van der Waals surface area (Å²) >= 11 is 3.45. The summed E-state index contributed by atoms with van der Waals surface area (Å²) in [5, 5.41) is 0. The van der Waals surface area contributed by atoms with Crippen molar-refractivity contribution in [2.75, 3.05) is 5.73 Å². The molecule has 5 rings (SSSR count). The Bertz CT molecular complexity index is 545. The Hall–Kier alpha value is -0.830. The van der Waals surface area contributed by atoms with E-state index in [1.807, 2.05) is 18.2 Å². The van der Waals surface area contributed by atoms with Crippen LogP contribution in [0.4, 0.5) is 5.69 Å². The van der Waals surface area contributed by atoms with Crippen molar-refractivity contribution in [1.29, 1.82) is 0 Å². The Kier molecular flexibility index (Phi) is 2.79. The summed E-state index contributed by atoms with van der Waals surface area (Å²) < 4.78 is 0.841. The van der Waals surface area contributed by atoms with Gasteiger partial charge in [0.25, 0.3) is 0 Å².